The molecular weight excluding hydrogens is 388 g/mol. The Labute approximate surface area is 185 Å². The van der Waals surface area contributed by atoms with Crippen LogP contribution in [-0.4, -0.2) is 54.5 Å². The Morgan fingerprint density at radius 2 is 1.65 bits per heavy atom. The highest BCUT2D eigenvalue weighted by Crippen LogP contribution is 2.19. The lowest BCUT2D eigenvalue weighted by Crippen LogP contribution is -2.48. The van der Waals surface area contributed by atoms with Gasteiger partial charge in [0.1, 0.15) is 0 Å². The zero-order valence-electron chi connectivity index (χ0n) is 18.4. The number of benzene rings is 2. The van der Waals surface area contributed by atoms with E-state index in [1.165, 1.54) is 18.4 Å². The molecule has 0 spiro atoms. The lowest BCUT2D eigenvalue weighted by atomic mass is 10.0. The maximum absolute atomic E-state index is 12.3. The molecule has 1 saturated heterocycles. The summed E-state index contributed by atoms with van der Waals surface area (Å²) in [7, 11) is 1.79. The van der Waals surface area contributed by atoms with Gasteiger partial charge in [-0.05, 0) is 30.5 Å². The minimum atomic E-state index is -0.205. The van der Waals surface area contributed by atoms with Crippen LogP contribution in [0.5, 0.6) is 0 Å². The van der Waals surface area contributed by atoms with Crippen molar-refractivity contribution in [3.8, 4) is 0 Å². The first-order valence-electron chi connectivity index (χ1n) is 11.2. The van der Waals surface area contributed by atoms with E-state index in [9.17, 15) is 9.59 Å². The van der Waals surface area contributed by atoms with Crippen molar-refractivity contribution in [3.63, 3.8) is 0 Å². The number of hydrogen-bond donors (Lipinski definition) is 2. The van der Waals surface area contributed by atoms with E-state index in [2.05, 4.69) is 39.8 Å². The number of rotatable bonds is 9. The van der Waals surface area contributed by atoms with E-state index in [4.69, 9.17) is 0 Å². The van der Waals surface area contributed by atoms with Crippen LogP contribution in [0.3, 0.4) is 0 Å². The molecule has 0 bridgehead atoms. The van der Waals surface area contributed by atoms with Gasteiger partial charge < -0.3 is 15.5 Å². The first-order valence-corrected chi connectivity index (χ1v) is 11.2. The van der Waals surface area contributed by atoms with E-state index in [0.29, 0.717) is 32.1 Å². The standard InChI is InChI=1S/C25H34N4O2/c1-28(19-21-10-4-2-5-11-21)24(30)15-16-26-25(31)27-18-23-14-8-9-17-29(23)20-22-12-6-3-7-13-22/h2-7,10-13,23H,8-9,14-20H2,1H3,(H2,26,27,31). The lowest BCUT2D eigenvalue weighted by molar-refractivity contribution is -0.130. The van der Waals surface area contributed by atoms with Gasteiger partial charge in [0, 0.05) is 45.7 Å². The lowest BCUT2D eigenvalue weighted by Gasteiger charge is -2.35. The summed E-state index contributed by atoms with van der Waals surface area (Å²) in [5, 5.41) is 5.81. The van der Waals surface area contributed by atoms with E-state index in [1.54, 1.807) is 11.9 Å². The zero-order chi connectivity index (χ0) is 21.9. The molecule has 3 amide bonds. The zero-order valence-corrected chi connectivity index (χ0v) is 18.4. The Bertz CT molecular complexity index is 813. The quantitative estimate of drug-likeness (QED) is 0.651. The Hall–Kier alpha value is -2.86. The molecule has 2 N–H and O–H groups in total. The summed E-state index contributed by atoms with van der Waals surface area (Å²) in [6.45, 7) is 3.51. The minimum Gasteiger partial charge on any atom is -0.341 e. The van der Waals surface area contributed by atoms with E-state index < -0.39 is 0 Å². The molecule has 31 heavy (non-hydrogen) atoms. The molecule has 2 aromatic carbocycles. The summed E-state index contributed by atoms with van der Waals surface area (Å²) < 4.78 is 0. The van der Waals surface area contributed by atoms with Crippen LogP contribution >= 0.6 is 0 Å². The Morgan fingerprint density at radius 3 is 2.35 bits per heavy atom. The number of carbonyl (C=O) groups excluding carboxylic acids is 2. The van der Waals surface area contributed by atoms with Gasteiger partial charge in [0.25, 0.3) is 0 Å². The van der Waals surface area contributed by atoms with Gasteiger partial charge in [-0.2, -0.15) is 0 Å². The fraction of sp³-hybridized carbons (Fsp3) is 0.440. The molecule has 1 heterocycles. The third-order valence-electron chi connectivity index (χ3n) is 5.79. The van der Waals surface area contributed by atoms with Gasteiger partial charge in [0.2, 0.25) is 5.91 Å². The Kier molecular flexibility index (Phi) is 8.91. The van der Waals surface area contributed by atoms with Gasteiger partial charge in [-0.15, -0.1) is 0 Å². The first kappa shape index (κ1) is 22.8. The van der Waals surface area contributed by atoms with Crippen LogP contribution in [0.25, 0.3) is 0 Å². The molecule has 0 aromatic heterocycles. The van der Waals surface area contributed by atoms with Crippen LogP contribution < -0.4 is 10.6 Å². The predicted octanol–water partition coefficient (Wildman–Crippen LogP) is 3.39. The van der Waals surface area contributed by atoms with Gasteiger partial charge in [-0.1, -0.05) is 67.1 Å². The van der Waals surface area contributed by atoms with E-state index in [1.807, 2.05) is 36.4 Å². The summed E-state index contributed by atoms with van der Waals surface area (Å²) in [5.41, 5.74) is 2.40. The number of urea groups is 1. The molecular formula is C25H34N4O2. The van der Waals surface area contributed by atoms with Crippen molar-refractivity contribution >= 4 is 11.9 Å². The normalized spacial score (nSPS) is 16.5. The van der Waals surface area contributed by atoms with Crippen LogP contribution in [0.15, 0.2) is 60.7 Å². The summed E-state index contributed by atoms with van der Waals surface area (Å²) in [4.78, 5) is 28.7. The monoisotopic (exact) mass is 422 g/mol. The highest BCUT2D eigenvalue weighted by molar-refractivity contribution is 5.78. The van der Waals surface area contributed by atoms with Gasteiger partial charge >= 0.3 is 6.03 Å². The molecule has 166 valence electrons. The maximum Gasteiger partial charge on any atom is 0.314 e. The van der Waals surface area contributed by atoms with Gasteiger partial charge in [0.05, 0.1) is 0 Å². The molecule has 0 radical (unpaired) electrons. The number of likely N-dealkylation sites (tertiary alicyclic amines) is 1. The van der Waals surface area contributed by atoms with Crippen molar-refractivity contribution in [1.29, 1.82) is 0 Å². The number of nitrogens with zero attached hydrogens (tertiary/aromatic N) is 2. The maximum atomic E-state index is 12.3. The van der Waals surface area contributed by atoms with Crippen LogP contribution in [0.2, 0.25) is 0 Å². The molecule has 1 aliphatic heterocycles. The van der Waals surface area contributed by atoms with Crippen molar-refractivity contribution in [2.75, 3.05) is 26.7 Å². The van der Waals surface area contributed by atoms with E-state index in [-0.39, 0.29) is 11.9 Å². The van der Waals surface area contributed by atoms with E-state index in [0.717, 1.165) is 25.1 Å². The largest absolute Gasteiger partial charge is 0.341 e. The molecule has 6 nitrogen and oxygen atoms in total. The van der Waals surface area contributed by atoms with Crippen molar-refractivity contribution in [1.82, 2.24) is 20.4 Å². The third-order valence-corrected chi connectivity index (χ3v) is 5.79. The summed E-state index contributed by atoms with van der Waals surface area (Å²) in [6, 6.07) is 20.5. The average molecular weight is 423 g/mol. The molecule has 1 aliphatic rings. The SMILES string of the molecule is CN(Cc1ccccc1)C(=O)CCNC(=O)NCC1CCCCN1Cc1ccccc1. The molecule has 6 heteroatoms. The second-order valence-electron chi connectivity index (χ2n) is 8.23. The Morgan fingerprint density at radius 1 is 0.968 bits per heavy atom. The molecule has 1 atom stereocenters. The fourth-order valence-electron chi connectivity index (χ4n) is 4.01. The minimum absolute atomic E-state index is 0.0190. The number of nitrogens with one attached hydrogen (secondary N) is 2. The second kappa shape index (κ2) is 12.1. The topological polar surface area (TPSA) is 64.7 Å². The summed E-state index contributed by atoms with van der Waals surface area (Å²) >= 11 is 0. The molecule has 1 unspecified atom stereocenters. The van der Waals surface area contributed by atoms with Crippen molar-refractivity contribution < 1.29 is 9.59 Å². The van der Waals surface area contributed by atoms with Crippen molar-refractivity contribution in [3.05, 3.63) is 71.8 Å². The number of carbonyl (C=O) groups is 2. The van der Waals surface area contributed by atoms with E-state index >= 15 is 0 Å². The predicted molar refractivity (Wildman–Crippen MR) is 123 cm³/mol. The second-order valence-corrected chi connectivity index (χ2v) is 8.23. The van der Waals surface area contributed by atoms with Crippen LogP contribution in [0.1, 0.15) is 36.8 Å². The molecule has 3 rings (SSSR count). The van der Waals surface area contributed by atoms with Gasteiger partial charge in [0.15, 0.2) is 0 Å². The fourth-order valence-corrected chi connectivity index (χ4v) is 4.01. The van der Waals surface area contributed by atoms with Crippen LogP contribution in [0, 0.1) is 0 Å². The van der Waals surface area contributed by atoms with Crippen LogP contribution in [0.4, 0.5) is 4.79 Å². The molecule has 2 aromatic rings. The van der Waals surface area contributed by atoms with Crippen molar-refractivity contribution in [2.24, 2.45) is 0 Å². The highest BCUT2D eigenvalue weighted by atomic mass is 16.2. The van der Waals surface area contributed by atoms with Crippen molar-refractivity contribution in [2.45, 2.75) is 44.8 Å². The number of piperidine rings is 1. The summed E-state index contributed by atoms with van der Waals surface area (Å²) in [6.07, 6.45) is 3.78. The first-order chi connectivity index (χ1) is 15.1. The number of hydrogen-bond acceptors (Lipinski definition) is 3. The van der Waals surface area contributed by atoms with Gasteiger partial charge in [-0.25, -0.2) is 4.79 Å². The Balaban J connectivity index is 1.35. The molecule has 1 fully saturated rings. The smallest absolute Gasteiger partial charge is 0.314 e. The highest BCUT2D eigenvalue weighted by Gasteiger charge is 2.22. The van der Waals surface area contributed by atoms with Gasteiger partial charge in [-0.3, -0.25) is 9.69 Å². The summed E-state index contributed by atoms with van der Waals surface area (Å²) in [5.74, 6) is 0.0190. The van der Waals surface area contributed by atoms with Crippen LogP contribution in [-0.2, 0) is 17.9 Å². The average Bonchev–Trinajstić information content (AvgIpc) is 2.80. The third kappa shape index (κ3) is 7.72. The molecule has 0 aliphatic carbocycles. The number of amides is 3. The molecule has 0 saturated carbocycles.